The average molecular weight is 445 g/mol. The van der Waals surface area contributed by atoms with Crippen molar-refractivity contribution in [3.05, 3.63) is 59.1 Å². The third-order valence-electron chi connectivity index (χ3n) is 4.92. The smallest absolute Gasteiger partial charge is 0.257 e. The van der Waals surface area contributed by atoms with Gasteiger partial charge in [0, 0.05) is 54.6 Å². The number of nitrogens with one attached hydrogen (secondary N) is 2. The SMILES string of the molecule is CCCC(=O)N1CCN(c2ccc(NC(=S)NC(=O)c3ccc(Cl)cc3)cc2)CC1. The molecule has 2 N–H and O–H groups in total. The number of amides is 2. The van der Waals surface area contributed by atoms with E-state index in [1.54, 1.807) is 24.3 Å². The zero-order valence-electron chi connectivity index (χ0n) is 16.9. The van der Waals surface area contributed by atoms with Crippen LogP contribution in [0.2, 0.25) is 5.02 Å². The number of thiocarbonyl (C=S) groups is 1. The largest absolute Gasteiger partial charge is 0.368 e. The number of anilines is 2. The van der Waals surface area contributed by atoms with Crippen LogP contribution in [0.1, 0.15) is 30.1 Å². The maximum absolute atomic E-state index is 12.2. The fraction of sp³-hybridized carbons (Fsp3) is 0.318. The van der Waals surface area contributed by atoms with Gasteiger partial charge in [-0.25, -0.2) is 0 Å². The van der Waals surface area contributed by atoms with Crippen molar-refractivity contribution < 1.29 is 9.59 Å². The molecule has 2 amide bonds. The molecule has 8 heteroatoms. The quantitative estimate of drug-likeness (QED) is 0.684. The lowest BCUT2D eigenvalue weighted by atomic mass is 10.2. The van der Waals surface area contributed by atoms with Gasteiger partial charge in [0.2, 0.25) is 5.91 Å². The number of hydrogen-bond acceptors (Lipinski definition) is 4. The molecule has 2 aromatic carbocycles. The van der Waals surface area contributed by atoms with E-state index in [4.69, 9.17) is 23.8 Å². The summed E-state index contributed by atoms with van der Waals surface area (Å²) in [7, 11) is 0. The van der Waals surface area contributed by atoms with E-state index in [2.05, 4.69) is 15.5 Å². The van der Waals surface area contributed by atoms with Crippen molar-refractivity contribution in [2.75, 3.05) is 36.4 Å². The van der Waals surface area contributed by atoms with E-state index >= 15 is 0 Å². The number of piperazine rings is 1. The lowest BCUT2D eigenvalue weighted by molar-refractivity contribution is -0.131. The molecule has 0 radical (unpaired) electrons. The van der Waals surface area contributed by atoms with E-state index in [9.17, 15) is 9.59 Å². The Labute approximate surface area is 187 Å². The molecule has 1 heterocycles. The highest BCUT2D eigenvalue weighted by atomic mass is 35.5. The van der Waals surface area contributed by atoms with Crippen LogP contribution in [0.15, 0.2) is 48.5 Å². The van der Waals surface area contributed by atoms with Gasteiger partial charge in [0.25, 0.3) is 5.91 Å². The molecule has 158 valence electrons. The maximum atomic E-state index is 12.2. The monoisotopic (exact) mass is 444 g/mol. The second kappa shape index (κ2) is 10.4. The van der Waals surface area contributed by atoms with Crippen molar-refractivity contribution in [3.8, 4) is 0 Å². The minimum Gasteiger partial charge on any atom is -0.368 e. The Balaban J connectivity index is 1.50. The van der Waals surface area contributed by atoms with Gasteiger partial charge in [0.05, 0.1) is 0 Å². The van der Waals surface area contributed by atoms with E-state index in [-0.39, 0.29) is 16.9 Å². The zero-order valence-corrected chi connectivity index (χ0v) is 18.4. The van der Waals surface area contributed by atoms with Gasteiger partial charge in [0.1, 0.15) is 0 Å². The van der Waals surface area contributed by atoms with Gasteiger partial charge in [-0.05, 0) is 67.2 Å². The van der Waals surface area contributed by atoms with E-state index in [1.807, 2.05) is 36.1 Å². The molecule has 0 unspecified atom stereocenters. The number of carbonyl (C=O) groups is 2. The van der Waals surface area contributed by atoms with Crippen LogP contribution in [-0.4, -0.2) is 48.0 Å². The zero-order chi connectivity index (χ0) is 21.5. The summed E-state index contributed by atoms with van der Waals surface area (Å²) in [6.45, 7) is 5.16. The van der Waals surface area contributed by atoms with Crippen molar-refractivity contribution in [3.63, 3.8) is 0 Å². The normalized spacial score (nSPS) is 13.7. The molecule has 30 heavy (non-hydrogen) atoms. The first-order valence-electron chi connectivity index (χ1n) is 9.97. The Hall–Kier alpha value is -2.64. The highest BCUT2D eigenvalue weighted by Crippen LogP contribution is 2.20. The molecule has 0 atom stereocenters. The van der Waals surface area contributed by atoms with E-state index in [1.165, 1.54) is 0 Å². The lowest BCUT2D eigenvalue weighted by Crippen LogP contribution is -2.48. The van der Waals surface area contributed by atoms with Crippen LogP contribution in [0.5, 0.6) is 0 Å². The molecule has 0 spiro atoms. The standard InChI is InChI=1S/C22H25ClN4O2S/c1-2-3-20(28)27-14-12-26(13-15-27)19-10-8-18(9-11-19)24-22(30)25-21(29)16-4-6-17(23)7-5-16/h4-11H,2-3,12-15H2,1H3,(H2,24,25,29,30). The molecular formula is C22H25ClN4O2S. The van der Waals surface area contributed by atoms with E-state index in [0.29, 0.717) is 17.0 Å². The molecule has 0 aromatic heterocycles. The lowest BCUT2D eigenvalue weighted by Gasteiger charge is -2.36. The molecule has 2 aromatic rings. The average Bonchev–Trinajstić information content (AvgIpc) is 2.75. The van der Waals surface area contributed by atoms with Crippen LogP contribution in [-0.2, 0) is 4.79 Å². The molecule has 0 saturated carbocycles. The highest BCUT2D eigenvalue weighted by molar-refractivity contribution is 7.80. The molecule has 1 fully saturated rings. The number of halogens is 1. The third-order valence-corrected chi connectivity index (χ3v) is 5.38. The van der Waals surface area contributed by atoms with Gasteiger partial charge in [-0.3, -0.25) is 14.9 Å². The van der Waals surface area contributed by atoms with Crippen LogP contribution in [0.4, 0.5) is 11.4 Å². The summed E-state index contributed by atoms with van der Waals surface area (Å²) >= 11 is 11.1. The van der Waals surface area contributed by atoms with Crippen molar-refractivity contribution in [2.24, 2.45) is 0 Å². The summed E-state index contributed by atoms with van der Waals surface area (Å²) in [6.07, 6.45) is 1.50. The predicted molar refractivity (Wildman–Crippen MR) is 125 cm³/mol. The fourth-order valence-electron chi connectivity index (χ4n) is 3.28. The first-order valence-corrected chi connectivity index (χ1v) is 10.8. The molecular weight excluding hydrogens is 420 g/mol. The summed E-state index contributed by atoms with van der Waals surface area (Å²) in [6, 6.07) is 14.5. The molecule has 0 bridgehead atoms. The van der Waals surface area contributed by atoms with Crippen LogP contribution < -0.4 is 15.5 Å². The second-order valence-corrected chi connectivity index (χ2v) is 7.92. The second-order valence-electron chi connectivity index (χ2n) is 7.08. The summed E-state index contributed by atoms with van der Waals surface area (Å²) in [5, 5.41) is 6.48. The molecule has 6 nitrogen and oxygen atoms in total. The van der Waals surface area contributed by atoms with Crippen LogP contribution in [0.3, 0.4) is 0 Å². The minimum absolute atomic E-state index is 0.228. The molecule has 1 aliphatic heterocycles. The predicted octanol–water partition coefficient (Wildman–Crippen LogP) is 3.92. The summed E-state index contributed by atoms with van der Waals surface area (Å²) in [4.78, 5) is 28.4. The molecule has 1 aliphatic rings. The van der Waals surface area contributed by atoms with Gasteiger partial charge in [-0.2, -0.15) is 0 Å². The Bertz CT molecular complexity index is 894. The fourth-order valence-corrected chi connectivity index (χ4v) is 3.62. The first-order chi connectivity index (χ1) is 14.5. The van der Waals surface area contributed by atoms with Crippen molar-refractivity contribution in [1.82, 2.24) is 10.2 Å². The molecule has 0 aliphatic carbocycles. The minimum atomic E-state index is -0.295. The summed E-state index contributed by atoms with van der Waals surface area (Å²) in [5.74, 6) is -0.0536. The molecule has 3 rings (SSSR count). The van der Waals surface area contributed by atoms with Gasteiger partial charge >= 0.3 is 0 Å². The summed E-state index contributed by atoms with van der Waals surface area (Å²) < 4.78 is 0. The van der Waals surface area contributed by atoms with Gasteiger partial charge < -0.3 is 15.1 Å². The van der Waals surface area contributed by atoms with E-state index < -0.39 is 0 Å². The van der Waals surface area contributed by atoms with Crippen LogP contribution in [0, 0.1) is 0 Å². The molecule has 1 saturated heterocycles. The van der Waals surface area contributed by atoms with Crippen molar-refractivity contribution >= 4 is 52.1 Å². The Morgan fingerprint density at radius 3 is 2.23 bits per heavy atom. The maximum Gasteiger partial charge on any atom is 0.257 e. The van der Waals surface area contributed by atoms with Crippen molar-refractivity contribution in [2.45, 2.75) is 19.8 Å². The van der Waals surface area contributed by atoms with Crippen LogP contribution >= 0.6 is 23.8 Å². The number of benzene rings is 2. The Morgan fingerprint density at radius 1 is 1.00 bits per heavy atom. The third kappa shape index (κ3) is 5.93. The van der Waals surface area contributed by atoms with Gasteiger partial charge in [0.15, 0.2) is 5.11 Å². The summed E-state index contributed by atoms with van der Waals surface area (Å²) in [5.41, 5.74) is 2.37. The Kier molecular flexibility index (Phi) is 7.65. The number of rotatable bonds is 5. The van der Waals surface area contributed by atoms with E-state index in [0.717, 1.165) is 44.0 Å². The topological polar surface area (TPSA) is 64.7 Å². The number of nitrogens with zero attached hydrogens (tertiary/aromatic N) is 2. The number of carbonyl (C=O) groups excluding carboxylic acids is 2. The number of hydrogen-bond donors (Lipinski definition) is 2. The first kappa shape index (κ1) is 22.1. The van der Waals surface area contributed by atoms with Crippen molar-refractivity contribution in [1.29, 1.82) is 0 Å². The highest BCUT2D eigenvalue weighted by Gasteiger charge is 2.20. The Morgan fingerprint density at radius 2 is 1.63 bits per heavy atom. The van der Waals surface area contributed by atoms with Gasteiger partial charge in [-0.15, -0.1) is 0 Å². The van der Waals surface area contributed by atoms with Crippen LogP contribution in [0.25, 0.3) is 0 Å². The van der Waals surface area contributed by atoms with Gasteiger partial charge in [-0.1, -0.05) is 18.5 Å².